The van der Waals surface area contributed by atoms with E-state index in [0.29, 0.717) is 0 Å². The fourth-order valence-electron chi connectivity index (χ4n) is 4.04. The molecule has 3 aliphatic rings. The summed E-state index contributed by atoms with van der Waals surface area (Å²) in [4.78, 5) is 32.1. The first kappa shape index (κ1) is 25.6. The highest BCUT2D eigenvalue weighted by molar-refractivity contribution is 7.47. The summed E-state index contributed by atoms with van der Waals surface area (Å²) in [5.41, 5.74) is 5.96. The number of rotatable bonds is 1. The van der Waals surface area contributed by atoms with Crippen LogP contribution in [-0.2, 0) is 36.7 Å². The number of nitrogens with two attached hydrogens (primary N) is 1. The van der Waals surface area contributed by atoms with Crippen molar-refractivity contribution in [3.05, 3.63) is 12.7 Å². The van der Waals surface area contributed by atoms with Gasteiger partial charge >= 0.3 is 15.6 Å². The number of phosphoric acid groups is 2. The van der Waals surface area contributed by atoms with Crippen molar-refractivity contribution in [1.29, 1.82) is 0 Å². The fourth-order valence-corrected chi connectivity index (χ4v) is 5.92. The van der Waals surface area contributed by atoms with Crippen LogP contribution in [0.3, 0.4) is 0 Å². The Morgan fingerprint density at radius 2 is 1.69 bits per heavy atom. The summed E-state index contributed by atoms with van der Waals surface area (Å²) < 4.78 is 87.0. The highest BCUT2D eigenvalue weighted by Gasteiger charge is 2.54. The van der Waals surface area contributed by atoms with Crippen molar-refractivity contribution in [2.45, 2.75) is 49.1 Å². The van der Waals surface area contributed by atoms with Crippen molar-refractivity contribution in [1.82, 2.24) is 19.5 Å². The lowest BCUT2D eigenvalue weighted by atomic mass is 10.1. The molecule has 2 aromatic heterocycles. The Hall–Kier alpha value is -2.09. The second-order valence-electron chi connectivity index (χ2n) is 7.97. The normalized spacial score (nSPS) is 43.8. The lowest BCUT2D eigenvalue weighted by Gasteiger charge is -2.23. The van der Waals surface area contributed by atoms with Crippen LogP contribution in [0.25, 0.3) is 11.2 Å². The van der Waals surface area contributed by atoms with E-state index < -0.39 is 78.0 Å². The van der Waals surface area contributed by atoms with Gasteiger partial charge in [0.05, 0.1) is 19.5 Å². The largest absolute Gasteiger partial charge is 0.472 e. The summed E-state index contributed by atoms with van der Waals surface area (Å²) >= 11 is 0. The Morgan fingerprint density at radius 1 is 1.03 bits per heavy atom. The van der Waals surface area contributed by atoms with Crippen LogP contribution >= 0.6 is 15.6 Å². The molecule has 15 nitrogen and oxygen atoms in total. The van der Waals surface area contributed by atoms with E-state index >= 15 is 4.39 Å². The second-order valence-corrected chi connectivity index (χ2v) is 10.8. The van der Waals surface area contributed by atoms with Gasteiger partial charge in [0.1, 0.15) is 42.4 Å². The van der Waals surface area contributed by atoms with E-state index in [1.807, 2.05) is 0 Å². The van der Waals surface area contributed by atoms with Crippen molar-refractivity contribution < 1.29 is 55.3 Å². The Bertz CT molecular complexity index is 1290. The second kappa shape index (κ2) is 9.34. The van der Waals surface area contributed by atoms with Crippen molar-refractivity contribution in [3.63, 3.8) is 0 Å². The molecule has 5 rings (SSSR count). The molecule has 0 saturated carbocycles. The molecule has 0 radical (unpaired) electrons. The number of hydrogen-bond acceptors (Lipinski definition) is 12. The minimum absolute atomic E-state index is 0.00853. The Labute approximate surface area is 201 Å². The molecule has 36 heavy (non-hydrogen) atoms. The molecule has 0 amide bonds. The van der Waals surface area contributed by atoms with Crippen molar-refractivity contribution in [3.8, 4) is 12.3 Å². The number of nitrogen functional groups attached to an aromatic ring is 1. The number of nitrogens with zero attached hydrogens (tertiary/aromatic N) is 4. The van der Waals surface area contributed by atoms with Crippen LogP contribution in [0.15, 0.2) is 12.7 Å². The van der Waals surface area contributed by atoms with E-state index in [9.17, 15) is 23.3 Å². The Kier molecular flexibility index (Phi) is 6.63. The number of hydrogen-bond donors (Lipinski definition) is 3. The SMILES string of the molecule is C#C[C@@H]1O[C@@H]2COP(=O)(O)O[C@H]3[C@@H](F)[C@H](n4cnc5c(N)ncnc54)O[C@@H]3COP(=O)(O)O[C@@H]1[C@@H]2F. The molecule has 19 heteroatoms. The lowest BCUT2D eigenvalue weighted by Crippen LogP contribution is -2.34. The van der Waals surface area contributed by atoms with Crippen molar-refractivity contribution in [2.75, 3.05) is 18.9 Å². The van der Waals surface area contributed by atoms with E-state index in [1.165, 1.54) is 0 Å². The number of terminal acetylenes is 1. The van der Waals surface area contributed by atoms with E-state index in [4.69, 9.17) is 39.7 Å². The highest BCUT2D eigenvalue weighted by atomic mass is 31.2. The number of ether oxygens (including phenoxy) is 2. The van der Waals surface area contributed by atoms with E-state index in [1.54, 1.807) is 0 Å². The van der Waals surface area contributed by atoms with Crippen LogP contribution in [-0.4, -0.2) is 85.4 Å². The van der Waals surface area contributed by atoms with E-state index in [0.717, 1.165) is 17.2 Å². The summed E-state index contributed by atoms with van der Waals surface area (Å²) in [7, 11) is -10.1. The van der Waals surface area contributed by atoms with Gasteiger partial charge in [-0.25, -0.2) is 32.9 Å². The van der Waals surface area contributed by atoms with Gasteiger partial charge in [-0.3, -0.25) is 22.7 Å². The highest BCUT2D eigenvalue weighted by Crippen LogP contribution is 2.53. The van der Waals surface area contributed by atoms with Gasteiger partial charge in [-0.05, 0) is 0 Å². The van der Waals surface area contributed by atoms with Crippen LogP contribution in [0.4, 0.5) is 14.6 Å². The first-order valence-corrected chi connectivity index (χ1v) is 13.3. The molecule has 0 aromatic carbocycles. The summed E-state index contributed by atoms with van der Waals surface area (Å²) in [6.45, 7) is -1.75. The van der Waals surface area contributed by atoms with Crippen LogP contribution in [0.1, 0.15) is 6.23 Å². The smallest absolute Gasteiger partial charge is 0.382 e. The maximum absolute atomic E-state index is 15.6. The molecule has 3 saturated heterocycles. The first-order valence-electron chi connectivity index (χ1n) is 10.3. The standard InChI is InChI=1S/C17H19F2N5O10P2/c1-2-7-13-10(18)8(31-7)3-29-35(25,26)34-14-9(4-30-36(27,28)33-13)32-17(11(14)19)24-6-23-12-15(20)21-5-22-16(12)24/h1,5-11,13-14,17H,3-4H2,(H,25,26)(H,27,28)(H2,20,21,22)/t7-,8+,9+,10+,11+,13-,14+,17+/m0/s1. The molecule has 4 N–H and O–H groups in total. The third-order valence-electron chi connectivity index (χ3n) is 5.69. The zero-order valence-corrected chi connectivity index (χ0v) is 19.7. The minimum atomic E-state index is -5.05. The quantitative estimate of drug-likeness (QED) is 0.324. The molecule has 5 heterocycles. The van der Waals surface area contributed by atoms with Gasteiger partial charge in [0.25, 0.3) is 0 Å². The third-order valence-corrected chi connectivity index (χ3v) is 7.67. The summed E-state index contributed by atoms with van der Waals surface area (Å²) in [6.07, 6.45) is -6.49. The van der Waals surface area contributed by atoms with Crippen LogP contribution in [0.5, 0.6) is 0 Å². The molecule has 3 fully saturated rings. The number of imidazole rings is 1. The van der Waals surface area contributed by atoms with Gasteiger partial charge in [0.2, 0.25) is 0 Å². The minimum Gasteiger partial charge on any atom is -0.382 e. The van der Waals surface area contributed by atoms with Gasteiger partial charge in [0, 0.05) is 0 Å². The molecule has 0 aliphatic carbocycles. The van der Waals surface area contributed by atoms with E-state index in [2.05, 4.69) is 20.9 Å². The van der Waals surface area contributed by atoms with Gasteiger partial charge < -0.3 is 25.0 Å². The van der Waals surface area contributed by atoms with Crippen LogP contribution < -0.4 is 5.73 Å². The number of alkyl halides is 2. The first-order chi connectivity index (χ1) is 17.0. The van der Waals surface area contributed by atoms with Crippen LogP contribution in [0, 0.1) is 12.3 Å². The van der Waals surface area contributed by atoms with Crippen LogP contribution in [0.2, 0.25) is 0 Å². The molecule has 2 unspecified atom stereocenters. The maximum Gasteiger partial charge on any atom is 0.472 e. The molecular formula is C17H19F2N5O10P2. The number of halogens is 2. The Morgan fingerprint density at radius 3 is 2.39 bits per heavy atom. The van der Waals surface area contributed by atoms with Gasteiger partial charge in [-0.15, -0.1) is 6.42 Å². The number of phosphoric ester groups is 2. The van der Waals surface area contributed by atoms with Gasteiger partial charge in [-0.2, -0.15) is 0 Å². The predicted octanol–water partition coefficient (Wildman–Crippen LogP) is 0.401. The average Bonchev–Trinajstić information content (AvgIpc) is 3.46. The lowest BCUT2D eigenvalue weighted by molar-refractivity contribution is -0.0514. The zero-order chi connectivity index (χ0) is 25.8. The molecular weight excluding hydrogens is 534 g/mol. The summed E-state index contributed by atoms with van der Waals surface area (Å²) in [5, 5.41) is 0. The number of anilines is 1. The average molecular weight is 553 g/mol. The molecule has 0 spiro atoms. The molecule has 2 aromatic rings. The van der Waals surface area contributed by atoms with E-state index in [-0.39, 0.29) is 17.0 Å². The molecule has 10 atom stereocenters. The third kappa shape index (κ3) is 4.66. The number of fused-ring (bicyclic) bond motifs is 4. The summed E-state index contributed by atoms with van der Waals surface area (Å²) in [6, 6.07) is 0. The van der Waals surface area contributed by atoms with Crippen molar-refractivity contribution in [2.24, 2.45) is 0 Å². The maximum atomic E-state index is 15.6. The Balaban J connectivity index is 1.46. The topological polar surface area (TPSA) is 200 Å². The van der Waals surface area contributed by atoms with Gasteiger partial charge in [-0.1, -0.05) is 5.92 Å². The zero-order valence-electron chi connectivity index (χ0n) is 17.9. The molecule has 2 bridgehead atoms. The summed E-state index contributed by atoms with van der Waals surface area (Å²) in [5.74, 6) is 2.06. The van der Waals surface area contributed by atoms with Crippen molar-refractivity contribution >= 4 is 32.6 Å². The monoisotopic (exact) mass is 553 g/mol. The fraction of sp³-hybridized carbons (Fsp3) is 0.588. The van der Waals surface area contributed by atoms with Gasteiger partial charge in [0.15, 0.2) is 30.0 Å². The molecule has 196 valence electrons. The predicted molar refractivity (Wildman–Crippen MR) is 112 cm³/mol. The number of aromatic nitrogens is 4. The molecule has 3 aliphatic heterocycles.